The molecule has 6 heteroatoms. The molecule has 0 aliphatic carbocycles. The minimum atomic E-state index is -4.80. The molecule has 0 aromatic heterocycles. The van der Waals surface area contributed by atoms with E-state index in [1.54, 1.807) is 0 Å². The van der Waals surface area contributed by atoms with E-state index >= 15 is 0 Å². The Labute approximate surface area is 134 Å². The number of unbranched alkanes of at least 4 members (excludes halogenated alkanes) is 5. The fourth-order valence-electron chi connectivity index (χ4n) is 2.05. The standard InChI is InChI=1S/C13H29O4P.Mg/c1-3-5-7-9-11-13(10-8-6-4-2)12-17-18(14,15)16;/h13H,3-12H2,1-2H3,(H2,14,15,16);/q;+2/p-2. The minimum Gasteiger partial charge on any atom is -0.790 e. The van der Waals surface area contributed by atoms with Crippen molar-refractivity contribution in [2.75, 3.05) is 6.61 Å². The zero-order valence-electron chi connectivity index (χ0n) is 12.4. The van der Waals surface area contributed by atoms with Gasteiger partial charge >= 0.3 is 23.1 Å². The van der Waals surface area contributed by atoms with Gasteiger partial charge in [0.05, 0.1) is 14.4 Å². The molecule has 0 spiro atoms. The fraction of sp³-hybridized carbons (Fsp3) is 1.00. The zero-order valence-corrected chi connectivity index (χ0v) is 14.7. The van der Waals surface area contributed by atoms with Crippen LogP contribution in [-0.4, -0.2) is 29.7 Å². The van der Waals surface area contributed by atoms with E-state index in [-0.39, 0.29) is 35.6 Å². The monoisotopic (exact) mass is 302 g/mol. The number of phosphoric acid groups is 1. The summed E-state index contributed by atoms with van der Waals surface area (Å²) in [5.41, 5.74) is 0. The molecule has 0 saturated carbocycles. The van der Waals surface area contributed by atoms with Crippen LogP contribution < -0.4 is 9.79 Å². The molecule has 0 bridgehead atoms. The number of phosphoric ester groups is 1. The summed E-state index contributed by atoms with van der Waals surface area (Å²) in [6.45, 7) is 4.36. The van der Waals surface area contributed by atoms with Crippen molar-refractivity contribution in [3.63, 3.8) is 0 Å². The van der Waals surface area contributed by atoms with Crippen LogP contribution >= 0.6 is 7.82 Å². The fourth-order valence-corrected chi connectivity index (χ4v) is 2.44. The maximum absolute atomic E-state index is 10.5. The third-order valence-corrected chi connectivity index (χ3v) is 3.62. The third-order valence-electron chi connectivity index (χ3n) is 3.15. The van der Waals surface area contributed by atoms with Gasteiger partial charge in [0.1, 0.15) is 0 Å². The summed E-state index contributed by atoms with van der Waals surface area (Å²) in [4.78, 5) is 21.0. The molecule has 0 heterocycles. The summed E-state index contributed by atoms with van der Waals surface area (Å²) in [5, 5.41) is 0. The number of rotatable bonds is 12. The summed E-state index contributed by atoms with van der Waals surface area (Å²) >= 11 is 0. The summed E-state index contributed by atoms with van der Waals surface area (Å²) in [6, 6.07) is 0. The Balaban J connectivity index is 0. The maximum Gasteiger partial charge on any atom is 2.00 e. The largest absolute Gasteiger partial charge is 2.00 e. The second kappa shape index (κ2) is 13.8. The van der Waals surface area contributed by atoms with E-state index < -0.39 is 7.82 Å². The van der Waals surface area contributed by atoms with Crippen LogP contribution in [0.4, 0.5) is 0 Å². The van der Waals surface area contributed by atoms with Crippen molar-refractivity contribution in [3.8, 4) is 0 Å². The summed E-state index contributed by atoms with van der Waals surface area (Å²) in [5.74, 6) is 0.213. The minimum absolute atomic E-state index is 0. The Morgan fingerprint density at radius 3 is 1.89 bits per heavy atom. The second-order valence-corrected chi connectivity index (χ2v) is 6.11. The van der Waals surface area contributed by atoms with E-state index in [9.17, 15) is 14.4 Å². The van der Waals surface area contributed by atoms with Crippen molar-refractivity contribution in [3.05, 3.63) is 0 Å². The summed E-state index contributed by atoms with van der Waals surface area (Å²) in [7, 11) is -4.80. The van der Waals surface area contributed by atoms with Gasteiger partial charge in [0, 0.05) is 0 Å². The molecule has 0 radical (unpaired) electrons. The van der Waals surface area contributed by atoms with Gasteiger partial charge in [-0.15, -0.1) is 0 Å². The first kappa shape index (κ1) is 22.2. The van der Waals surface area contributed by atoms with Crippen LogP contribution in [0.5, 0.6) is 0 Å². The van der Waals surface area contributed by atoms with E-state index in [2.05, 4.69) is 18.4 Å². The van der Waals surface area contributed by atoms with E-state index in [0.29, 0.717) is 0 Å². The average Bonchev–Trinajstić information content (AvgIpc) is 2.29. The van der Waals surface area contributed by atoms with Crippen molar-refractivity contribution in [2.24, 2.45) is 5.92 Å². The van der Waals surface area contributed by atoms with E-state index in [1.807, 2.05) is 0 Å². The first-order valence-corrected chi connectivity index (χ1v) is 8.62. The van der Waals surface area contributed by atoms with Gasteiger partial charge in [-0.3, -0.25) is 0 Å². The van der Waals surface area contributed by atoms with Gasteiger partial charge in [-0.1, -0.05) is 58.8 Å². The quantitative estimate of drug-likeness (QED) is 0.315. The molecule has 0 N–H and O–H groups in total. The average molecular weight is 303 g/mol. The Bertz CT molecular complexity index is 233. The smallest absolute Gasteiger partial charge is 0.790 e. The normalized spacial score (nSPS) is 13.1. The van der Waals surface area contributed by atoms with E-state index in [1.165, 1.54) is 19.3 Å². The molecule has 0 aromatic rings. The van der Waals surface area contributed by atoms with Gasteiger partial charge in [0.2, 0.25) is 0 Å². The Hall–Kier alpha value is 0.876. The number of hydrogen-bond donors (Lipinski definition) is 0. The van der Waals surface area contributed by atoms with Crippen LogP contribution in [0.25, 0.3) is 0 Å². The van der Waals surface area contributed by atoms with Gasteiger partial charge in [0.15, 0.2) is 0 Å². The zero-order chi connectivity index (χ0) is 13.9. The van der Waals surface area contributed by atoms with Crippen molar-refractivity contribution >= 4 is 30.9 Å². The molecule has 0 aliphatic rings. The molecule has 0 fully saturated rings. The Morgan fingerprint density at radius 2 is 1.42 bits per heavy atom. The van der Waals surface area contributed by atoms with E-state index in [0.717, 1.165) is 38.5 Å². The maximum atomic E-state index is 10.5. The topological polar surface area (TPSA) is 72.4 Å². The third kappa shape index (κ3) is 16.8. The SMILES string of the molecule is CCCCCCC(CCCCC)COP(=O)([O-])[O-].[Mg+2]. The molecule has 0 aromatic carbocycles. The molecule has 110 valence electrons. The first-order valence-electron chi connectivity index (χ1n) is 7.16. The molecule has 0 saturated heterocycles. The molecular weight excluding hydrogens is 275 g/mol. The van der Waals surface area contributed by atoms with Crippen LogP contribution in [-0.2, 0) is 9.09 Å². The van der Waals surface area contributed by atoms with Gasteiger partial charge in [-0.2, -0.15) is 0 Å². The first-order chi connectivity index (χ1) is 8.49. The molecule has 4 nitrogen and oxygen atoms in total. The van der Waals surface area contributed by atoms with Crippen molar-refractivity contribution in [2.45, 2.75) is 71.6 Å². The molecule has 0 rings (SSSR count). The summed E-state index contributed by atoms with van der Waals surface area (Å²) < 4.78 is 14.9. The molecular formula is C13H27MgO4P. The van der Waals surface area contributed by atoms with Crippen LogP contribution in [0.1, 0.15) is 71.6 Å². The van der Waals surface area contributed by atoms with Gasteiger partial charge in [-0.25, -0.2) is 0 Å². The van der Waals surface area contributed by atoms with Crippen molar-refractivity contribution < 1.29 is 18.9 Å². The molecule has 19 heavy (non-hydrogen) atoms. The molecule has 0 amide bonds. The summed E-state index contributed by atoms with van der Waals surface area (Å²) in [6.07, 6.45) is 9.97. The van der Waals surface area contributed by atoms with Gasteiger partial charge in [0.25, 0.3) is 0 Å². The van der Waals surface area contributed by atoms with Crippen LogP contribution in [0.3, 0.4) is 0 Å². The van der Waals surface area contributed by atoms with Gasteiger partial charge < -0.3 is 18.9 Å². The second-order valence-electron chi connectivity index (χ2n) is 4.95. The predicted octanol–water partition coefficient (Wildman–Crippen LogP) is 2.62. The molecule has 1 atom stereocenters. The van der Waals surface area contributed by atoms with Crippen LogP contribution in [0.2, 0.25) is 0 Å². The Morgan fingerprint density at radius 1 is 0.947 bits per heavy atom. The van der Waals surface area contributed by atoms with E-state index in [4.69, 9.17) is 0 Å². The molecule has 0 aliphatic heterocycles. The molecule has 1 unspecified atom stereocenters. The predicted molar refractivity (Wildman–Crippen MR) is 75.7 cm³/mol. The van der Waals surface area contributed by atoms with Crippen molar-refractivity contribution in [1.82, 2.24) is 0 Å². The van der Waals surface area contributed by atoms with Crippen molar-refractivity contribution in [1.29, 1.82) is 0 Å². The Kier molecular flexibility index (Phi) is 16.1. The van der Waals surface area contributed by atoms with Gasteiger partial charge in [-0.05, 0) is 18.8 Å². The number of hydrogen-bond acceptors (Lipinski definition) is 4. The van der Waals surface area contributed by atoms with Crippen LogP contribution in [0, 0.1) is 5.92 Å². The van der Waals surface area contributed by atoms with Crippen LogP contribution in [0.15, 0.2) is 0 Å².